The summed E-state index contributed by atoms with van der Waals surface area (Å²) < 4.78 is 5.24. The van der Waals surface area contributed by atoms with Crippen molar-refractivity contribution in [3.8, 4) is 0 Å². The van der Waals surface area contributed by atoms with E-state index < -0.39 is 0 Å². The number of nitrogens with one attached hydrogen (secondary N) is 1. The number of hydrogen-bond acceptors (Lipinski definition) is 3. The molecular weight excluding hydrogens is 252 g/mol. The van der Waals surface area contributed by atoms with Crippen molar-refractivity contribution in [3.63, 3.8) is 0 Å². The van der Waals surface area contributed by atoms with Crippen molar-refractivity contribution in [2.75, 3.05) is 0 Å². The minimum Gasteiger partial charge on any atom is -0.360 e. The summed E-state index contributed by atoms with van der Waals surface area (Å²) in [5, 5.41) is 7.04. The molecule has 20 heavy (non-hydrogen) atoms. The van der Waals surface area contributed by atoms with Crippen molar-refractivity contribution in [2.24, 2.45) is 11.8 Å². The number of nitrogens with zero attached hydrogens (tertiary/aromatic N) is 1. The Morgan fingerprint density at radius 1 is 1.20 bits per heavy atom. The summed E-state index contributed by atoms with van der Waals surface area (Å²) in [6, 6.07) is 2.21. The second-order valence-electron chi connectivity index (χ2n) is 6.77. The van der Waals surface area contributed by atoms with Crippen molar-refractivity contribution in [1.29, 1.82) is 0 Å². The van der Waals surface area contributed by atoms with E-state index in [4.69, 9.17) is 4.52 Å². The van der Waals surface area contributed by atoms with E-state index in [1.807, 2.05) is 6.07 Å². The maximum Gasteiger partial charge on any atom is 0.273 e. The van der Waals surface area contributed by atoms with Crippen LogP contribution in [0.2, 0.25) is 0 Å². The van der Waals surface area contributed by atoms with Crippen LogP contribution in [0, 0.1) is 11.8 Å². The Hall–Kier alpha value is -1.32. The van der Waals surface area contributed by atoms with Gasteiger partial charge in [-0.05, 0) is 31.1 Å². The predicted octanol–water partition coefficient (Wildman–Crippen LogP) is 3.25. The topological polar surface area (TPSA) is 55.1 Å². The van der Waals surface area contributed by atoms with Crippen LogP contribution in [0.1, 0.15) is 73.5 Å². The van der Waals surface area contributed by atoms with Gasteiger partial charge < -0.3 is 9.84 Å². The lowest BCUT2D eigenvalue weighted by Crippen LogP contribution is -2.28. The quantitative estimate of drug-likeness (QED) is 0.917. The molecule has 0 spiro atoms. The minimum absolute atomic E-state index is 0.0519. The summed E-state index contributed by atoms with van der Waals surface area (Å²) in [6.45, 7) is 0. The largest absolute Gasteiger partial charge is 0.360 e. The molecule has 1 aromatic heterocycles. The summed E-state index contributed by atoms with van der Waals surface area (Å²) in [5.74, 6) is 2.90. The van der Waals surface area contributed by atoms with E-state index >= 15 is 0 Å². The van der Waals surface area contributed by atoms with Crippen LogP contribution in [0.4, 0.5) is 0 Å². The first kappa shape index (κ1) is 12.4. The van der Waals surface area contributed by atoms with Crippen molar-refractivity contribution in [2.45, 2.75) is 63.3 Å². The molecule has 4 nitrogen and oxygen atoms in total. The van der Waals surface area contributed by atoms with Crippen molar-refractivity contribution in [1.82, 2.24) is 10.5 Å². The number of amides is 1. The molecule has 2 atom stereocenters. The van der Waals surface area contributed by atoms with Gasteiger partial charge in [0.1, 0.15) is 5.76 Å². The van der Waals surface area contributed by atoms with Crippen molar-refractivity contribution >= 4 is 5.91 Å². The van der Waals surface area contributed by atoms with E-state index in [0.29, 0.717) is 23.6 Å². The number of carbonyl (C=O) groups is 1. The molecule has 1 aromatic rings. The van der Waals surface area contributed by atoms with Crippen LogP contribution in [0.5, 0.6) is 0 Å². The zero-order valence-electron chi connectivity index (χ0n) is 11.8. The summed E-state index contributed by atoms with van der Waals surface area (Å²) in [5.41, 5.74) is 0.459. The first-order chi connectivity index (χ1) is 9.81. The Morgan fingerprint density at radius 3 is 2.75 bits per heavy atom. The summed E-state index contributed by atoms with van der Waals surface area (Å²) in [4.78, 5) is 12.1. The molecule has 1 heterocycles. The number of rotatable bonds is 4. The first-order valence-electron chi connectivity index (χ1n) is 8.09. The van der Waals surface area contributed by atoms with E-state index in [9.17, 15) is 4.79 Å². The highest BCUT2D eigenvalue weighted by atomic mass is 16.5. The Kier molecular flexibility index (Phi) is 3.04. The van der Waals surface area contributed by atoms with Gasteiger partial charge in [0.05, 0.1) is 0 Å². The van der Waals surface area contributed by atoms with Gasteiger partial charge >= 0.3 is 0 Å². The average Bonchev–Trinajstić information content (AvgIpc) is 3.40. The monoisotopic (exact) mass is 274 g/mol. The van der Waals surface area contributed by atoms with Crippen LogP contribution in [0.15, 0.2) is 10.6 Å². The molecule has 108 valence electrons. The van der Waals surface area contributed by atoms with Gasteiger partial charge in [0, 0.05) is 18.0 Å². The molecule has 1 N–H and O–H groups in total. The molecular formula is C16H22N2O2. The fraction of sp³-hybridized carbons (Fsp3) is 0.750. The molecule has 3 fully saturated rings. The molecule has 4 rings (SSSR count). The molecule has 0 aliphatic heterocycles. The molecule has 0 unspecified atom stereocenters. The van der Waals surface area contributed by atoms with Gasteiger partial charge in [0.15, 0.2) is 5.69 Å². The summed E-state index contributed by atoms with van der Waals surface area (Å²) >= 11 is 0. The lowest BCUT2D eigenvalue weighted by Gasteiger charge is -2.21. The normalized spacial score (nSPS) is 30.2. The highest BCUT2D eigenvalue weighted by Gasteiger charge is 2.44. The zero-order valence-corrected chi connectivity index (χ0v) is 11.8. The van der Waals surface area contributed by atoms with Crippen LogP contribution in [-0.2, 0) is 0 Å². The van der Waals surface area contributed by atoms with Crippen LogP contribution < -0.4 is 5.32 Å². The minimum atomic E-state index is -0.0519. The van der Waals surface area contributed by atoms with Crippen LogP contribution in [0.25, 0.3) is 0 Å². The average molecular weight is 274 g/mol. The van der Waals surface area contributed by atoms with Gasteiger partial charge in [0.2, 0.25) is 0 Å². The number of aromatic nitrogens is 1. The lowest BCUT2D eigenvalue weighted by molar-refractivity contribution is 0.0937. The SMILES string of the molecule is O=C(N[C@@H]1C[C@@H]1C1CCCCC1)c1cc(C2CC2)on1. The van der Waals surface area contributed by atoms with Gasteiger partial charge in [-0.1, -0.05) is 37.3 Å². The zero-order chi connectivity index (χ0) is 13.5. The van der Waals surface area contributed by atoms with Gasteiger partial charge in [0.25, 0.3) is 5.91 Å². The number of carbonyl (C=O) groups excluding carboxylic acids is 1. The fourth-order valence-electron chi connectivity index (χ4n) is 3.66. The third-order valence-corrected chi connectivity index (χ3v) is 5.15. The Bertz CT molecular complexity index is 500. The summed E-state index contributed by atoms with van der Waals surface area (Å²) in [6.07, 6.45) is 10.3. The maximum absolute atomic E-state index is 12.1. The molecule has 0 aromatic carbocycles. The molecule has 0 radical (unpaired) electrons. The van der Waals surface area contributed by atoms with Crippen molar-refractivity contribution in [3.05, 3.63) is 17.5 Å². The molecule has 3 aliphatic rings. The van der Waals surface area contributed by atoms with E-state index in [2.05, 4.69) is 10.5 Å². The maximum atomic E-state index is 12.1. The molecule has 0 bridgehead atoms. The molecule has 4 heteroatoms. The standard InChI is InChI=1S/C16H22N2O2/c19-16(14-9-15(20-18-14)11-6-7-11)17-13-8-12(13)10-4-2-1-3-5-10/h9-13H,1-8H2,(H,17,19)/t12-,13-/m1/s1. The van der Waals surface area contributed by atoms with Gasteiger partial charge in [-0.3, -0.25) is 4.79 Å². The fourth-order valence-corrected chi connectivity index (χ4v) is 3.66. The highest BCUT2D eigenvalue weighted by molar-refractivity contribution is 5.92. The van der Waals surface area contributed by atoms with Gasteiger partial charge in [-0.2, -0.15) is 0 Å². The molecule has 0 saturated heterocycles. The smallest absolute Gasteiger partial charge is 0.273 e. The van der Waals surface area contributed by atoms with E-state index in [-0.39, 0.29) is 5.91 Å². The van der Waals surface area contributed by atoms with Gasteiger partial charge in [-0.25, -0.2) is 0 Å². The second-order valence-corrected chi connectivity index (χ2v) is 6.77. The molecule has 3 saturated carbocycles. The second kappa shape index (κ2) is 4.90. The van der Waals surface area contributed by atoms with Crippen LogP contribution in [-0.4, -0.2) is 17.1 Å². The third kappa shape index (κ3) is 2.48. The summed E-state index contributed by atoms with van der Waals surface area (Å²) in [7, 11) is 0. The lowest BCUT2D eigenvalue weighted by atomic mass is 9.85. The Balaban J connectivity index is 1.31. The van der Waals surface area contributed by atoms with Crippen LogP contribution >= 0.6 is 0 Å². The Morgan fingerprint density at radius 2 is 2.00 bits per heavy atom. The van der Waals surface area contributed by atoms with E-state index in [1.165, 1.54) is 44.9 Å². The van der Waals surface area contributed by atoms with Crippen molar-refractivity contribution < 1.29 is 9.32 Å². The third-order valence-electron chi connectivity index (χ3n) is 5.15. The highest BCUT2D eigenvalue weighted by Crippen LogP contribution is 2.44. The van der Waals surface area contributed by atoms with E-state index in [1.54, 1.807) is 0 Å². The van der Waals surface area contributed by atoms with Crippen LogP contribution in [0.3, 0.4) is 0 Å². The van der Waals surface area contributed by atoms with Gasteiger partial charge in [-0.15, -0.1) is 0 Å². The predicted molar refractivity (Wildman–Crippen MR) is 74.4 cm³/mol. The molecule has 3 aliphatic carbocycles. The first-order valence-corrected chi connectivity index (χ1v) is 8.09. The van der Waals surface area contributed by atoms with E-state index in [0.717, 1.165) is 18.1 Å². The number of hydrogen-bond donors (Lipinski definition) is 1. The molecule has 1 amide bonds. The Labute approximate surface area is 119 Å².